The second kappa shape index (κ2) is 5.88. The molecule has 0 bridgehead atoms. The van der Waals surface area contributed by atoms with Crippen LogP contribution in [0, 0.1) is 0 Å². The molecule has 96 valence electrons. The minimum Gasteiger partial charge on any atom is -0.481 e. The SMILES string of the molecule is O=C(O)CCNCC(P(=O)(O)O)P(=O)(O)O. The lowest BCUT2D eigenvalue weighted by atomic mass is 10.4. The van der Waals surface area contributed by atoms with Crippen molar-refractivity contribution in [2.45, 2.75) is 11.8 Å². The number of carboxylic acids is 1. The van der Waals surface area contributed by atoms with Crippen LogP contribution >= 0.6 is 15.2 Å². The van der Waals surface area contributed by atoms with Gasteiger partial charge in [-0.05, 0) is 0 Å². The van der Waals surface area contributed by atoms with Gasteiger partial charge < -0.3 is 30.0 Å². The van der Waals surface area contributed by atoms with E-state index in [1.807, 2.05) is 0 Å². The van der Waals surface area contributed by atoms with Crippen LogP contribution in [0.25, 0.3) is 0 Å². The molecule has 0 aliphatic carbocycles. The largest absolute Gasteiger partial charge is 0.481 e. The average molecular weight is 277 g/mol. The van der Waals surface area contributed by atoms with E-state index in [2.05, 4.69) is 5.32 Å². The lowest BCUT2D eigenvalue weighted by Crippen LogP contribution is -2.28. The predicted octanol–water partition coefficient (Wildman–Crippen LogP) is -1.27. The summed E-state index contributed by atoms with van der Waals surface area (Å²) in [4.78, 5) is 44.8. The molecule has 0 aliphatic rings. The number of nitrogens with one attached hydrogen (secondary N) is 1. The van der Waals surface area contributed by atoms with Crippen LogP contribution in [0.4, 0.5) is 0 Å². The second-order valence-electron chi connectivity index (χ2n) is 3.01. The monoisotopic (exact) mass is 277 g/mol. The van der Waals surface area contributed by atoms with Crippen LogP contribution in [-0.2, 0) is 13.9 Å². The van der Waals surface area contributed by atoms with Crippen LogP contribution in [0.15, 0.2) is 0 Å². The maximum Gasteiger partial charge on any atom is 0.342 e. The lowest BCUT2D eigenvalue weighted by Gasteiger charge is -2.19. The van der Waals surface area contributed by atoms with E-state index in [0.29, 0.717) is 0 Å². The number of carboxylic acid groups (broad SMARTS) is 1. The Morgan fingerprint density at radius 1 is 1.12 bits per heavy atom. The van der Waals surface area contributed by atoms with E-state index in [-0.39, 0.29) is 13.0 Å². The number of carbonyl (C=O) groups is 1. The van der Waals surface area contributed by atoms with Crippen molar-refractivity contribution in [3.05, 3.63) is 0 Å². The molecule has 9 nitrogen and oxygen atoms in total. The Bertz CT molecular complexity index is 309. The van der Waals surface area contributed by atoms with Gasteiger partial charge in [0.2, 0.25) is 0 Å². The van der Waals surface area contributed by atoms with Gasteiger partial charge in [0, 0.05) is 13.1 Å². The van der Waals surface area contributed by atoms with E-state index in [1.165, 1.54) is 0 Å². The third kappa shape index (κ3) is 6.34. The Balaban J connectivity index is 4.32. The van der Waals surface area contributed by atoms with E-state index >= 15 is 0 Å². The van der Waals surface area contributed by atoms with E-state index in [1.54, 1.807) is 0 Å². The summed E-state index contributed by atoms with van der Waals surface area (Å²) in [6.07, 6.45) is -0.310. The van der Waals surface area contributed by atoms with Crippen LogP contribution in [0.2, 0.25) is 0 Å². The van der Waals surface area contributed by atoms with Gasteiger partial charge in [-0.2, -0.15) is 0 Å². The molecule has 6 N–H and O–H groups in total. The van der Waals surface area contributed by atoms with Gasteiger partial charge in [-0.1, -0.05) is 0 Å². The number of hydrogen-bond acceptors (Lipinski definition) is 4. The highest BCUT2D eigenvalue weighted by molar-refractivity contribution is 7.70. The van der Waals surface area contributed by atoms with Crippen LogP contribution in [0.5, 0.6) is 0 Å². The molecule has 0 saturated carbocycles. The van der Waals surface area contributed by atoms with Crippen molar-refractivity contribution in [2.75, 3.05) is 13.1 Å². The van der Waals surface area contributed by atoms with Gasteiger partial charge >= 0.3 is 21.2 Å². The van der Waals surface area contributed by atoms with Gasteiger partial charge in [0.05, 0.1) is 6.42 Å². The third-order valence-corrected chi connectivity index (χ3v) is 5.34. The molecule has 0 fully saturated rings. The first-order valence-corrected chi connectivity index (χ1v) is 7.44. The highest BCUT2D eigenvalue weighted by Gasteiger charge is 2.42. The topological polar surface area (TPSA) is 164 Å². The summed E-state index contributed by atoms with van der Waals surface area (Å²) in [5, 5.41) is 8.37. The molecular formula is C5H13NO8P2. The summed E-state index contributed by atoms with van der Waals surface area (Å²) in [5.41, 5.74) is 0. The van der Waals surface area contributed by atoms with Crippen molar-refractivity contribution in [1.29, 1.82) is 0 Å². The first-order chi connectivity index (χ1) is 7.05. The van der Waals surface area contributed by atoms with Crippen molar-refractivity contribution in [2.24, 2.45) is 0 Å². The first kappa shape index (κ1) is 15.7. The van der Waals surface area contributed by atoms with Crippen molar-refractivity contribution in [1.82, 2.24) is 5.32 Å². The van der Waals surface area contributed by atoms with E-state index in [9.17, 15) is 13.9 Å². The second-order valence-corrected chi connectivity index (χ2v) is 7.02. The summed E-state index contributed by atoms with van der Waals surface area (Å²) in [6, 6.07) is 0. The molecule has 11 heteroatoms. The molecule has 0 radical (unpaired) electrons. The Kier molecular flexibility index (Phi) is 5.78. The van der Waals surface area contributed by atoms with Crippen molar-refractivity contribution in [3.63, 3.8) is 0 Å². The zero-order valence-electron chi connectivity index (χ0n) is 8.05. The standard InChI is InChI=1S/C5H13NO8P2/c7-4(8)1-2-6-3-5(15(9,10)11)16(12,13)14/h5-6H,1-3H2,(H,7,8)(H2,9,10,11)(H2,12,13,14). The molecule has 0 aliphatic heterocycles. The molecular weight excluding hydrogens is 264 g/mol. The Labute approximate surface area is 90.8 Å². The molecule has 0 unspecified atom stereocenters. The average Bonchev–Trinajstić information content (AvgIpc) is 1.97. The fourth-order valence-electron chi connectivity index (χ4n) is 0.860. The van der Waals surface area contributed by atoms with Crippen LogP contribution in [0.1, 0.15) is 6.42 Å². The van der Waals surface area contributed by atoms with Crippen molar-refractivity contribution < 1.29 is 38.6 Å². The molecule has 0 aromatic rings. The van der Waals surface area contributed by atoms with Gasteiger partial charge in [-0.15, -0.1) is 0 Å². The molecule has 16 heavy (non-hydrogen) atoms. The number of hydrogen-bond donors (Lipinski definition) is 6. The van der Waals surface area contributed by atoms with Crippen LogP contribution in [-0.4, -0.2) is 49.1 Å². The molecule has 0 aromatic heterocycles. The minimum absolute atomic E-state index is 0.133. The van der Waals surface area contributed by atoms with Crippen molar-refractivity contribution in [3.8, 4) is 0 Å². The van der Waals surface area contributed by atoms with E-state index in [4.69, 9.17) is 24.7 Å². The van der Waals surface area contributed by atoms with Gasteiger partial charge in [-0.25, -0.2) is 0 Å². The third-order valence-electron chi connectivity index (χ3n) is 1.62. The summed E-state index contributed by atoms with van der Waals surface area (Å²) in [5.74, 6) is -1.13. The van der Waals surface area contributed by atoms with Gasteiger partial charge in [-0.3, -0.25) is 13.9 Å². The fourth-order valence-corrected chi connectivity index (χ4v) is 3.16. The highest BCUT2D eigenvalue weighted by atomic mass is 31.2. The first-order valence-electron chi connectivity index (χ1n) is 4.08. The quantitative estimate of drug-likeness (QED) is 0.246. The molecule has 0 heterocycles. The number of rotatable bonds is 7. The highest BCUT2D eigenvalue weighted by Crippen LogP contribution is 2.59. The zero-order valence-corrected chi connectivity index (χ0v) is 9.84. The fraction of sp³-hybridized carbons (Fsp3) is 0.800. The molecule has 0 rings (SSSR count). The Hall–Kier alpha value is -0.270. The maximum atomic E-state index is 10.8. The zero-order chi connectivity index (χ0) is 13.0. The Morgan fingerprint density at radius 2 is 1.56 bits per heavy atom. The lowest BCUT2D eigenvalue weighted by molar-refractivity contribution is -0.136. The van der Waals surface area contributed by atoms with Gasteiger partial charge in [0.15, 0.2) is 5.40 Å². The summed E-state index contributed by atoms with van der Waals surface area (Å²) < 4.78 is 21.5. The predicted molar refractivity (Wildman–Crippen MR) is 53.0 cm³/mol. The maximum absolute atomic E-state index is 10.8. The summed E-state index contributed by atoms with van der Waals surface area (Å²) in [7, 11) is -9.87. The normalized spacial score (nSPS) is 13.1. The van der Waals surface area contributed by atoms with Crippen LogP contribution in [0.3, 0.4) is 0 Å². The Morgan fingerprint density at radius 3 is 1.88 bits per heavy atom. The molecule has 0 saturated heterocycles. The molecule has 0 spiro atoms. The minimum atomic E-state index is -4.93. The smallest absolute Gasteiger partial charge is 0.342 e. The number of aliphatic carboxylic acids is 1. The van der Waals surface area contributed by atoms with Crippen molar-refractivity contribution >= 4 is 21.2 Å². The van der Waals surface area contributed by atoms with E-state index < -0.39 is 33.1 Å². The van der Waals surface area contributed by atoms with Gasteiger partial charge in [0.25, 0.3) is 0 Å². The summed E-state index contributed by atoms with van der Waals surface area (Å²) >= 11 is 0. The van der Waals surface area contributed by atoms with Gasteiger partial charge in [0.1, 0.15) is 0 Å². The van der Waals surface area contributed by atoms with Crippen LogP contribution < -0.4 is 5.32 Å². The molecule has 0 amide bonds. The molecule has 0 atom stereocenters. The molecule has 0 aromatic carbocycles. The summed E-state index contributed by atoms with van der Waals surface area (Å²) in [6.45, 7) is -0.784. The van der Waals surface area contributed by atoms with E-state index in [0.717, 1.165) is 0 Å².